The first kappa shape index (κ1) is 15.7. The van der Waals surface area contributed by atoms with E-state index in [-0.39, 0.29) is 11.9 Å². The average molecular weight is 312 g/mol. The first-order chi connectivity index (χ1) is 11.1. The van der Waals surface area contributed by atoms with Crippen molar-refractivity contribution in [1.82, 2.24) is 20.4 Å². The summed E-state index contributed by atoms with van der Waals surface area (Å²) in [5.41, 5.74) is 2.80. The fourth-order valence-electron chi connectivity index (χ4n) is 3.14. The van der Waals surface area contributed by atoms with E-state index < -0.39 is 0 Å². The van der Waals surface area contributed by atoms with E-state index in [0.717, 1.165) is 31.5 Å². The Morgan fingerprint density at radius 3 is 2.96 bits per heavy atom. The van der Waals surface area contributed by atoms with Crippen LogP contribution in [0.2, 0.25) is 0 Å². The molecule has 1 fully saturated rings. The van der Waals surface area contributed by atoms with Crippen LogP contribution < -0.4 is 10.6 Å². The Labute approximate surface area is 137 Å². The molecular weight excluding hydrogens is 288 g/mol. The normalized spacial score (nSPS) is 19.3. The number of amides is 1. The lowest BCUT2D eigenvalue weighted by atomic mass is 10.0. The number of nitrogens with one attached hydrogen (secondary N) is 2. The smallest absolute Gasteiger partial charge is 0.272 e. The molecule has 3 rings (SSSR count). The summed E-state index contributed by atoms with van der Waals surface area (Å²) in [4.78, 5) is 12.4. The molecule has 2 atom stereocenters. The Morgan fingerprint density at radius 2 is 2.22 bits per heavy atom. The van der Waals surface area contributed by atoms with Crippen molar-refractivity contribution < 1.29 is 4.79 Å². The molecular formula is C18H24N4O. The van der Waals surface area contributed by atoms with Gasteiger partial charge >= 0.3 is 0 Å². The van der Waals surface area contributed by atoms with Gasteiger partial charge in [-0.3, -0.25) is 9.48 Å². The van der Waals surface area contributed by atoms with Crippen molar-refractivity contribution in [2.75, 3.05) is 13.1 Å². The van der Waals surface area contributed by atoms with Crippen molar-refractivity contribution in [3.05, 3.63) is 53.3 Å². The maximum Gasteiger partial charge on any atom is 0.272 e. The first-order valence-corrected chi connectivity index (χ1v) is 8.27. The molecule has 1 aromatic carbocycles. The van der Waals surface area contributed by atoms with Crippen molar-refractivity contribution in [3.63, 3.8) is 0 Å². The van der Waals surface area contributed by atoms with Gasteiger partial charge in [0.05, 0.1) is 12.1 Å². The number of aromatic nitrogens is 2. The first-order valence-electron chi connectivity index (χ1n) is 8.27. The minimum atomic E-state index is -0.122. The molecule has 1 aliphatic rings. The van der Waals surface area contributed by atoms with Crippen LogP contribution in [-0.4, -0.2) is 28.8 Å². The quantitative estimate of drug-likeness (QED) is 0.912. The molecule has 2 heterocycles. The van der Waals surface area contributed by atoms with Crippen molar-refractivity contribution in [2.45, 2.75) is 38.8 Å². The molecule has 122 valence electrons. The van der Waals surface area contributed by atoms with E-state index in [0.29, 0.717) is 11.7 Å². The van der Waals surface area contributed by atoms with Crippen LogP contribution in [0.15, 0.2) is 36.5 Å². The van der Waals surface area contributed by atoms with Gasteiger partial charge in [-0.15, -0.1) is 0 Å². The largest absolute Gasteiger partial charge is 0.344 e. The predicted molar refractivity (Wildman–Crippen MR) is 90.4 cm³/mol. The van der Waals surface area contributed by atoms with Gasteiger partial charge in [0, 0.05) is 12.7 Å². The monoisotopic (exact) mass is 312 g/mol. The summed E-state index contributed by atoms with van der Waals surface area (Å²) < 4.78 is 1.92. The summed E-state index contributed by atoms with van der Waals surface area (Å²) in [6.45, 7) is 6.05. The number of aryl methyl sites for hydroxylation is 1. The molecule has 23 heavy (non-hydrogen) atoms. The average Bonchev–Trinajstić information content (AvgIpc) is 3.06. The minimum Gasteiger partial charge on any atom is -0.344 e. The van der Waals surface area contributed by atoms with Crippen molar-refractivity contribution in [3.8, 4) is 0 Å². The Kier molecular flexibility index (Phi) is 4.76. The predicted octanol–water partition coefficient (Wildman–Crippen LogP) is 2.61. The van der Waals surface area contributed by atoms with Crippen LogP contribution in [0.25, 0.3) is 0 Å². The van der Waals surface area contributed by atoms with Gasteiger partial charge < -0.3 is 10.6 Å². The fourth-order valence-corrected chi connectivity index (χ4v) is 3.14. The number of benzene rings is 1. The molecule has 2 aromatic rings. The van der Waals surface area contributed by atoms with E-state index in [1.54, 1.807) is 6.07 Å². The minimum absolute atomic E-state index is 0.0369. The molecule has 5 heteroatoms. The van der Waals surface area contributed by atoms with E-state index in [2.05, 4.69) is 28.7 Å². The van der Waals surface area contributed by atoms with Gasteiger partial charge in [-0.05, 0) is 50.4 Å². The third kappa shape index (κ3) is 3.62. The number of nitrogens with zero attached hydrogens (tertiary/aromatic N) is 2. The molecule has 5 nitrogen and oxygen atoms in total. The Morgan fingerprint density at radius 1 is 1.39 bits per heavy atom. The van der Waals surface area contributed by atoms with Crippen LogP contribution >= 0.6 is 0 Å². The summed E-state index contributed by atoms with van der Waals surface area (Å²) in [7, 11) is 0. The van der Waals surface area contributed by atoms with Gasteiger partial charge in [-0.25, -0.2) is 0 Å². The van der Waals surface area contributed by atoms with E-state index >= 15 is 0 Å². The number of rotatable bonds is 4. The topological polar surface area (TPSA) is 59.0 Å². The number of piperidine rings is 1. The maximum atomic E-state index is 12.4. The molecule has 1 aliphatic heterocycles. The standard InChI is InChI=1S/C18H24N4O/c1-13-6-3-4-8-16(13)14(2)20-18(23)17-9-11-22(21-17)15-7-5-10-19-12-15/h3-4,6,8-9,11,14-15,19H,5,7,10,12H2,1-2H3,(H,20,23). The van der Waals surface area contributed by atoms with E-state index in [1.165, 1.54) is 5.56 Å². The molecule has 0 bridgehead atoms. The molecule has 1 amide bonds. The lowest BCUT2D eigenvalue weighted by Crippen LogP contribution is -2.32. The highest BCUT2D eigenvalue weighted by atomic mass is 16.2. The van der Waals surface area contributed by atoms with Gasteiger partial charge in [0.25, 0.3) is 5.91 Å². The summed E-state index contributed by atoms with van der Waals surface area (Å²) in [5.74, 6) is -0.122. The van der Waals surface area contributed by atoms with Crippen molar-refractivity contribution >= 4 is 5.91 Å². The van der Waals surface area contributed by atoms with Crippen LogP contribution in [0.5, 0.6) is 0 Å². The highest BCUT2D eigenvalue weighted by Crippen LogP contribution is 2.18. The molecule has 2 N–H and O–H groups in total. The van der Waals surface area contributed by atoms with Gasteiger partial charge in [0.15, 0.2) is 0 Å². The third-order valence-corrected chi connectivity index (χ3v) is 4.49. The summed E-state index contributed by atoms with van der Waals surface area (Å²) in [6, 6.07) is 10.2. The zero-order chi connectivity index (χ0) is 16.2. The van der Waals surface area contributed by atoms with Crippen LogP contribution in [0, 0.1) is 6.92 Å². The molecule has 1 saturated heterocycles. The van der Waals surface area contributed by atoms with Crippen LogP contribution in [0.3, 0.4) is 0 Å². The highest BCUT2D eigenvalue weighted by Gasteiger charge is 2.19. The molecule has 0 aliphatic carbocycles. The molecule has 2 unspecified atom stereocenters. The molecule has 0 spiro atoms. The van der Waals surface area contributed by atoms with E-state index in [9.17, 15) is 4.79 Å². The Bertz CT molecular complexity index is 673. The maximum absolute atomic E-state index is 12.4. The van der Waals surface area contributed by atoms with Gasteiger partial charge in [-0.2, -0.15) is 5.10 Å². The fraction of sp³-hybridized carbons (Fsp3) is 0.444. The van der Waals surface area contributed by atoms with Crippen LogP contribution in [-0.2, 0) is 0 Å². The second kappa shape index (κ2) is 6.96. The number of hydrogen-bond acceptors (Lipinski definition) is 3. The number of carbonyl (C=O) groups is 1. The Hall–Kier alpha value is -2.14. The highest BCUT2D eigenvalue weighted by molar-refractivity contribution is 5.92. The van der Waals surface area contributed by atoms with E-state index in [4.69, 9.17) is 0 Å². The van der Waals surface area contributed by atoms with Gasteiger partial charge in [0.2, 0.25) is 0 Å². The Balaban J connectivity index is 1.66. The third-order valence-electron chi connectivity index (χ3n) is 4.49. The van der Waals surface area contributed by atoms with Crippen molar-refractivity contribution in [2.24, 2.45) is 0 Å². The second-order valence-electron chi connectivity index (χ2n) is 6.23. The number of hydrogen-bond donors (Lipinski definition) is 2. The van der Waals surface area contributed by atoms with Crippen molar-refractivity contribution in [1.29, 1.82) is 0 Å². The lowest BCUT2D eigenvalue weighted by molar-refractivity contribution is 0.0933. The molecule has 0 saturated carbocycles. The zero-order valence-electron chi connectivity index (χ0n) is 13.7. The lowest BCUT2D eigenvalue weighted by Gasteiger charge is -2.23. The molecule has 0 radical (unpaired) electrons. The van der Waals surface area contributed by atoms with Crippen LogP contribution in [0.4, 0.5) is 0 Å². The van der Waals surface area contributed by atoms with E-state index in [1.807, 2.05) is 36.0 Å². The summed E-state index contributed by atoms with van der Waals surface area (Å²) in [6.07, 6.45) is 4.16. The zero-order valence-corrected chi connectivity index (χ0v) is 13.7. The van der Waals surface area contributed by atoms with Crippen LogP contribution in [0.1, 0.15) is 53.5 Å². The summed E-state index contributed by atoms with van der Waals surface area (Å²) >= 11 is 0. The van der Waals surface area contributed by atoms with Gasteiger partial charge in [-0.1, -0.05) is 24.3 Å². The van der Waals surface area contributed by atoms with Gasteiger partial charge in [0.1, 0.15) is 5.69 Å². The summed E-state index contributed by atoms with van der Waals surface area (Å²) in [5, 5.41) is 10.9. The SMILES string of the molecule is Cc1ccccc1C(C)NC(=O)c1ccn(C2CCCNC2)n1. The number of carbonyl (C=O) groups excluding carboxylic acids is 1. The second-order valence-corrected chi connectivity index (χ2v) is 6.23. The molecule has 1 aromatic heterocycles.